The number of thiazole rings is 1. The van der Waals surface area contributed by atoms with E-state index in [1.165, 1.54) is 24.5 Å². The van der Waals surface area contributed by atoms with E-state index in [9.17, 15) is 9.59 Å². The topological polar surface area (TPSA) is 61.2 Å². The molecule has 2 aromatic heterocycles. The second-order valence-corrected chi connectivity index (χ2v) is 5.44. The second kappa shape index (κ2) is 4.42. The van der Waals surface area contributed by atoms with Gasteiger partial charge in [-0.15, -0.1) is 11.3 Å². The summed E-state index contributed by atoms with van der Waals surface area (Å²) < 4.78 is 6.67. The summed E-state index contributed by atoms with van der Waals surface area (Å²) in [6.07, 6.45) is 3.01. The fraction of sp³-hybridized carbons (Fsp3) is 0.214. The number of carbonyl (C=O) groups excluding carboxylic acids is 2. The molecule has 20 heavy (non-hydrogen) atoms. The Labute approximate surface area is 119 Å². The van der Waals surface area contributed by atoms with Gasteiger partial charge in [-0.05, 0) is 6.92 Å². The van der Waals surface area contributed by atoms with Crippen molar-refractivity contribution < 1.29 is 14.3 Å². The Balaban J connectivity index is 2.26. The molecule has 2 aromatic rings. The van der Waals surface area contributed by atoms with E-state index < -0.39 is 0 Å². The minimum atomic E-state index is -0.273. The van der Waals surface area contributed by atoms with Crippen molar-refractivity contribution in [2.45, 2.75) is 6.92 Å². The van der Waals surface area contributed by atoms with Crippen LogP contribution in [0.15, 0.2) is 23.4 Å². The van der Waals surface area contributed by atoms with E-state index in [0.717, 1.165) is 10.7 Å². The Hall–Kier alpha value is -2.21. The molecule has 0 N–H and O–H groups in total. The summed E-state index contributed by atoms with van der Waals surface area (Å²) >= 11 is 1.45. The van der Waals surface area contributed by atoms with Crippen LogP contribution >= 0.6 is 11.3 Å². The normalized spacial score (nSPS) is 14.2. The van der Waals surface area contributed by atoms with Crippen LogP contribution in [0.3, 0.4) is 0 Å². The number of allylic oxidation sites excluding steroid dienone is 2. The van der Waals surface area contributed by atoms with Gasteiger partial charge in [0.2, 0.25) is 11.6 Å². The molecule has 0 amide bonds. The molecule has 2 heterocycles. The highest BCUT2D eigenvalue weighted by Crippen LogP contribution is 2.34. The fourth-order valence-corrected chi connectivity index (χ4v) is 3.13. The maximum absolute atomic E-state index is 12.4. The number of ether oxygens (including phenoxy) is 1. The Morgan fingerprint density at radius 3 is 2.70 bits per heavy atom. The number of hydrogen-bond acceptors (Lipinski definition) is 5. The van der Waals surface area contributed by atoms with Crippen molar-refractivity contribution in [1.29, 1.82) is 0 Å². The lowest BCUT2D eigenvalue weighted by molar-refractivity contribution is 0.0914. The molecular formula is C14H12N2O3S. The summed E-state index contributed by atoms with van der Waals surface area (Å²) in [7, 11) is 3.14. The summed E-state index contributed by atoms with van der Waals surface area (Å²) in [6, 6.07) is 0. The number of carbonyl (C=O) groups is 2. The second-order valence-electron chi connectivity index (χ2n) is 4.58. The first-order valence-corrected chi connectivity index (χ1v) is 6.87. The minimum Gasteiger partial charge on any atom is -0.492 e. The number of fused-ring (bicyclic) bond motifs is 1. The van der Waals surface area contributed by atoms with Crippen LogP contribution in [0.5, 0.6) is 0 Å². The highest BCUT2D eigenvalue weighted by atomic mass is 32.1. The van der Waals surface area contributed by atoms with Gasteiger partial charge in [-0.25, -0.2) is 4.98 Å². The molecule has 0 aromatic carbocycles. The van der Waals surface area contributed by atoms with Crippen LogP contribution in [0.2, 0.25) is 0 Å². The molecule has 102 valence electrons. The van der Waals surface area contributed by atoms with Crippen molar-refractivity contribution >= 4 is 22.9 Å². The number of nitrogens with zero attached hydrogens (tertiary/aromatic N) is 2. The highest BCUT2D eigenvalue weighted by molar-refractivity contribution is 7.13. The molecule has 0 aliphatic heterocycles. The molecule has 0 atom stereocenters. The summed E-state index contributed by atoms with van der Waals surface area (Å²) in [5, 5.41) is 2.65. The third kappa shape index (κ3) is 1.72. The minimum absolute atomic E-state index is 0.0724. The van der Waals surface area contributed by atoms with Gasteiger partial charge in [-0.1, -0.05) is 0 Å². The number of methoxy groups -OCH3 is 1. The molecule has 0 spiro atoms. The van der Waals surface area contributed by atoms with Crippen LogP contribution in [-0.4, -0.2) is 28.2 Å². The van der Waals surface area contributed by atoms with E-state index in [0.29, 0.717) is 16.8 Å². The third-order valence-electron chi connectivity index (χ3n) is 3.20. The first-order chi connectivity index (χ1) is 9.52. The number of hydrogen-bond donors (Lipinski definition) is 0. The number of aromatic nitrogens is 2. The Morgan fingerprint density at radius 2 is 2.10 bits per heavy atom. The summed E-state index contributed by atoms with van der Waals surface area (Å²) in [5.74, 6) is -0.424. The summed E-state index contributed by atoms with van der Waals surface area (Å²) in [4.78, 5) is 28.9. The molecule has 3 rings (SSSR count). The number of ketones is 2. The van der Waals surface area contributed by atoms with Crippen LogP contribution in [0.1, 0.15) is 26.5 Å². The molecule has 0 bridgehead atoms. The molecule has 0 saturated heterocycles. The molecule has 6 heteroatoms. The standard InChI is InChI=1S/C14H12N2O3S/c1-7-6-20-14(15-7)8-5-16(2)12-9(17)4-10(19-3)13(18)11(8)12/h4-6H,1-3H3. The molecule has 0 saturated carbocycles. The smallest absolute Gasteiger partial charge is 0.230 e. The zero-order valence-corrected chi connectivity index (χ0v) is 12.1. The first-order valence-electron chi connectivity index (χ1n) is 5.99. The molecule has 1 aliphatic carbocycles. The van der Waals surface area contributed by atoms with E-state index in [-0.39, 0.29) is 17.3 Å². The van der Waals surface area contributed by atoms with Gasteiger partial charge in [0.1, 0.15) is 10.7 Å². The van der Waals surface area contributed by atoms with Gasteiger partial charge in [-0.2, -0.15) is 0 Å². The Bertz CT molecular complexity index is 767. The van der Waals surface area contributed by atoms with Crippen molar-refractivity contribution in [3.8, 4) is 10.6 Å². The Kier molecular flexibility index (Phi) is 2.83. The van der Waals surface area contributed by atoms with Crippen LogP contribution in [0.4, 0.5) is 0 Å². The van der Waals surface area contributed by atoms with Gasteiger partial charge in [0.05, 0.1) is 12.7 Å². The van der Waals surface area contributed by atoms with Gasteiger partial charge in [0.25, 0.3) is 0 Å². The molecule has 5 nitrogen and oxygen atoms in total. The number of aryl methyl sites for hydroxylation is 2. The van der Waals surface area contributed by atoms with Gasteiger partial charge in [0.15, 0.2) is 5.76 Å². The monoisotopic (exact) mass is 288 g/mol. The molecule has 0 unspecified atom stereocenters. The third-order valence-corrected chi connectivity index (χ3v) is 4.19. The van der Waals surface area contributed by atoms with Gasteiger partial charge in [-0.3, -0.25) is 9.59 Å². The predicted octanol–water partition coefficient (Wildman–Crippen LogP) is 2.37. The summed E-state index contributed by atoms with van der Waals surface area (Å²) in [5.41, 5.74) is 2.34. The highest BCUT2D eigenvalue weighted by Gasteiger charge is 2.33. The van der Waals surface area contributed by atoms with Crippen LogP contribution in [0.25, 0.3) is 10.6 Å². The van der Waals surface area contributed by atoms with E-state index in [4.69, 9.17) is 4.74 Å². The first kappa shape index (κ1) is 12.8. The SMILES string of the molecule is COC1=CC(=O)c2c(c(-c3nc(C)cs3)cn2C)C1=O. The Morgan fingerprint density at radius 1 is 1.35 bits per heavy atom. The lowest BCUT2D eigenvalue weighted by atomic mass is 9.97. The van der Waals surface area contributed by atoms with Crippen molar-refractivity contribution in [2.75, 3.05) is 7.11 Å². The lowest BCUT2D eigenvalue weighted by Crippen LogP contribution is -2.19. The van der Waals surface area contributed by atoms with E-state index in [1.54, 1.807) is 17.8 Å². The van der Waals surface area contributed by atoms with Crippen LogP contribution in [-0.2, 0) is 11.8 Å². The van der Waals surface area contributed by atoms with Gasteiger partial charge >= 0.3 is 0 Å². The molecule has 0 fully saturated rings. The maximum atomic E-state index is 12.4. The lowest BCUT2D eigenvalue weighted by Gasteiger charge is -2.12. The van der Waals surface area contributed by atoms with Crippen LogP contribution in [0, 0.1) is 6.92 Å². The predicted molar refractivity (Wildman–Crippen MR) is 75.0 cm³/mol. The number of Topliss-reactive ketones (excluding diaryl/α,β-unsaturated/α-hetero) is 1. The average Bonchev–Trinajstić information content (AvgIpc) is 2.98. The largest absolute Gasteiger partial charge is 0.492 e. The van der Waals surface area contributed by atoms with Crippen molar-refractivity contribution in [3.05, 3.63) is 40.4 Å². The van der Waals surface area contributed by atoms with Crippen molar-refractivity contribution in [2.24, 2.45) is 7.05 Å². The quantitative estimate of drug-likeness (QED) is 0.851. The fourth-order valence-electron chi connectivity index (χ4n) is 2.32. The molecular weight excluding hydrogens is 276 g/mol. The van der Waals surface area contributed by atoms with E-state index in [1.807, 2.05) is 12.3 Å². The van der Waals surface area contributed by atoms with Gasteiger partial charge < -0.3 is 9.30 Å². The maximum Gasteiger partial charge on any atom is 0.230 e. The van der Waals surface area contributed by atoms with Crippen molar-refractivity contribution in [3.63, 3.8) is 0 Å². The van der Waals surface area contributed by atoms with Crippen LogP contribution < -0.4 is 0 Å². The van der Waals surface area contributed by atoms with Crippen molar-refractivity contribution in [1.82, 2.24) is 9.55 Å². The molecule has 1 aliphatic rings. The van der Waals surface area contributed by atoms with Gasteiger partial charge in [0, 0.05) is 36.0 Å². The average molecular weight is 288 g/mol. The van der Waals surface area contributed by atoms with E-state index in [2.05, 4.69) is 4.98 Å². The zero-order valence-electron chi connectivity index (χ0n) is 11.3. The number of rotatable bonds is 2. The molecule has 0 radical (unpaired) electrons. The van der Waals surface area contributed by atoms with E-state index >= 15 is 0 Å². The summed E-state index contributed by atoms with van der Waals surface area (Å²) in [6.45, 7) is 1.89. The zero-order chi connectivity index (χ0) is 14.4.